The lowest BCUT2D eigenvalue weighted by Crippen LogP contribution is -2.42. The molecule has 0 spiro atoms. The van der Waals surface area contributed by atoms with Gasteiger partial charge >= 0.3 is 0 Å². The number of sulfonamides is 1. The number of hydrogen-bond donors (Lipinski definition) is 1. The molecule has 3 rings (SSSR count). The summed E-state index contributed by atoms with van der Waals surface area (Å²) in [5, 5.41) is 0.196. The average molecular weight is 405 g/mol. The molecule has 1 saturated heterocycles. The maximum Gasteiger partial charge on any atom is 0.255 e. The molecule has 1 heterocycles. The van der Waals surface area contributed by atoms with Crippen LogP contribution in [-0.4, -0.2) is 38.4 Å². The van der Waals surface area contributed by atoms with Crippen LogP contribution in [0.3, 0.4) is 0 Å². The van der Waals surface area contributed by atoms with Crippen LogP contribution in [0, 0.1) is 11.8 Å². The van der Waals surface area contributed by atoms with E-state index in [9.17, 15) is 13.2 Å². The minimum atomic E-state index is -3.76. The molecule has 0 radical (unpaired) electrons. The largest absolute Gasteiger partial charge is 0.338 e. The summed E-state index contributed by atoms with van der Waals surface area (Å²) in [6.45, 7) is 5.50. The van der Waals surface area contributed by atoms with Gasteiger partial charge in [-0.3, -0.25) is 4.79 Å². The van der Waals surface area contributed by atoms with E-state index in [1.807, 2.05) is 0 Å². The average Bonchev–Trinajstić information content (AvgIpc) is 3.28. The molecule has 1 amide bonds. The first-order valence-electron chi connectivity index (χ1n) is 8.48. The third-order valence-electron chi connectivity index (χ3n) is 4.60. The predicted octanol–water partition coefficient (Wildman–Crippen LogP) is 3.55. The molecule has 5 nitrogen and oxygen atoms in total. The second-order valence-electron chi connectivity index (χ2n) is 7.31. The van der Waals surface area contributed by atoms with Crippen LogP contribution in [0.4, 0.5) is 0 Å². The predicted molar refractivity (Wildman–Crippen MR) is 98.7 cm³/mol. The van der Waals surface area contributed by atoms with Gasteiger partial charge in [0.25, 0.3) is 5.91 Å². The van der Waals surface area contributed by atoms with E-state index in [4.69, 9.17) is 23.2 Å². The molecule has 1 N–H and O–H groups in total. The van der Waals surface area contributed by atoms with Crippen molar-refractivity contribution in [2.45, 2.75) is 44.0 Å². The normalized spacial score (nSPS) is 24.4. The number of likely N-dealkylation sites (tertiary alicyclic amines) is 1. The van der Waals surface area contributed by atoms with Gasteiger partial charge in [-0.15, -0.1) is 0 Å². The summed E-state index contributed by atoms with van der Waals surface area (Å²) in [7, 11) is -3.76. The topological polar surface area (TPSA) is 66.5 Å². The Kier molecular flexibility index (Phi) is 5.36. The number of nitrogens with zero attached hydrogens (tertiary/aromatic N) is 1. The number of piperidine rings is 1. The van der Waals surface area contributed by atoms with Crippen molar-refractivity contribution in [3.63, 3.8) is 0 Å². The van der Waals surface area contributed by atoms with E-state index in [2.05, 4.69) is 18.6 Å². The summed E-state index contributed by atoms with van der Waals surface area (Å²) in [6, 6.07) is 2.61. The van der Waals surface area contributed by atoms with Crippen molar-refractivity contribution < 1.29 is 13.2 Å². The highest BCUT2D eigenvalue weighted by Crippen LogP contribution is 2.32. The maximum absolute atomic E-state index is 12.9. The quantitative estimate of drug-likeness (QED) is 0.833. The van der Waals surface area contributed by atoms with Gasteiger partial charge in [0.1, 0.15) is 4.90 Å². The zero-order valence-electron chi connectivity index (χ0n) is 14.3. The monoisotopic (exact) mass is 404 g/mol. The SMILES string of the molecule is CC1CC(C)CN(C(=O)c2cc(S(=O)(=O)NC3CC3)c(Cl)cc2Cl)C1. The summed E-state index contributed by atoms with van der Waals surface area (Å²) < 4.78 is 27.6. The maximum atomic E-state index is 12.9. The molecule has 2 fully saturated rings. The molecule has 1 aliphatic carbocycles. The van der Waals surface area contributed by atoms with Gasteiger partial charge in [0, 0.05) is 19.1 Å². The lowest BCUT2D eigenvalue weighted by Gasteiger charge is -2.35. The summed E-state index contributed by atoms with van der Waals surface area (Å²) >= 11 is 12.3. The molecular formula is C17H22Cl2N2O3S. The number of amides is 1. The van der Waals surface area contributed by atoms with E-state index in [1.54, 1.807) is 4.90 Å². The highest BCUT2D eigenvalue weighted by molar-refractivity contribution is 7.89. The van der Waals surface area contributed by atoms with Crippen molar-refractivity contribution in [2.75, 3.05) is 13.1 Å². The Labute approximate surface area is 158 Å². The smallest absolute Gasteiger partial charge is 0.255 e. The van der Waals surface area contributed by atoms with Gasteiger partial charge in [0.15, 0.2) is 0 Å². The van der Waals surface area contributed by atoms with E-state index in [0.29, 0.717) is 24.9 Å². The summed E-state index contributed by atoms with van der Waals surface area (Å²) in [5.41, 5.74) is 0.184. The Balaban J connectivity index is 1.93. The number of halogens is 2. The third kappa shape index (κ3) is 4.30. The van der Waals surface area contributed by atoms with Crippen molar-refractivity contribution in [1.82, 2.24) is 9.62 Å². The van der Waals surface area contributed by atoms with E-state index < -0.39 is 10.0 Å². The van der Waals surface area contributed by atoms with Crippen LogP contribution < -0.4 is 4.72 Å². The molecule has 0 aromatic heterocycles. The minimum Gasteiger partial charge on any atom is -0.338 e. The lowest BCUT2D eigenvalue weighted by molar-refractivity contribution is 0.0623. The summed E-state index contributed by atoms with van der Waals surface area (Å²) in [5.74, 6) is 0.556. The highest BCUT2D eigenvalue weighted by atomic mass is 35.5. The zero-order chi connectivity index (χ0) is 18.4. The van der Waals surface area contributed by atoms with E-state index >= 15 is 0 Å². The molecule has 2 atom stereocenters. The van der Waals surface area contributed by atoms with Crippen molar-refractivity contribution in [1.29, 1.82) is 0 Å². The number of benzene rings is 1. The Morgan fingerprint density at radius 2 is 1.72 bits per heavy atom. The Bertz CT molecular complexity index is 783. The molecule has 8 heteroatoms. The van der Waals surface area contributed by atoms with Crippen LogP contribution in [0.1, 0.15) is 43.5 Å². The number of hydrogen-bond acceptors (Lipinski definition) is 3. The van der Waals surface area contributed by atoms with E-state index in [0.717, 1.165) is 19.3 Å². The van der Waals surface area contributed by atoms with Crippen molar-refractivity contribution in [3.8, 4) is 0 Å². The van der Waals surface area contributed by atoms with Crippen LogP contribution in [0.15, 0.2) is 17.0 Å². The summed E-state index contributed by atoms with van der Waals surface area (Å²) in [4.78, 5) is 14.6. The van der Waals surface area contributed by atoms with Crippen molar-refractivity contribution in [2.24, 2.45) is 11.8 Å². The van der Waals surface area contributed by atoms with Crippen molar-refractivity contribution in [3.05, 3.63) is 27.7 Å². The zero-order valence-corrected chi connectivity index (χ0v) is 16.6. The Hall–Kier alpha value is -0.820. The fraction of sp³-hybridized carbons (Fsp3) is 0.588. The third-order valence-corrected chi connectivity index (χ3v) is 6.89. The molecular weight excluding hydrogens is 383 g/mol. The van der Waals surface area contributed by atoms with Gasteiger partial charge < -0.3 is 4.90 Å². The van der Waals surface area contributed by atoms with Gasteiger partial charge in [0.05, 0.1) is 15.6 Å². The van der Waals surface area contributed by atoms with E-state index in [-0.39, 0.29) is 32.5 Å². The lowest BCUT2D eigenvalue weighted by atomic mass is 9.91. The molecule has 2 aliphatic rings. The molecule has 1 aromatic carbocycles. The van der Waals surface area contributed by atoms with Crippen LogP contribution in [-0.2, 0) is 10.0 Å². The van der Waals surface area contributed by atoms with E-state index in [1.165, 1.54) is 12.1 Å². The van der Waals surface area contributed by atoms with Gasteiger partial charge in [0.2, 0.25) is 10.0 Å². The molecule has 0 bridgehead atoms. The number of rotatable bonds is 4. The molecule has 1 aromatic rings. The molecule has 25 heavy (non-hydrogen) atoms. The molecule has 1 saturated carbocycles. The number of carbonyl (C=O) groups excluding carboxylic acids is 1. The molecule has 1 aliphatic heterocycles. The fourth-order valence-electron chi connectivity index (χ4n) is 3.38. The Morgan fingerprint density at radius 3 is 2.28 bits per heavy atom. The van der Waals surface area contributed by atoms with Gasteiger partial charge in [-0.2, -0.15) is 0 Å². The van der Waals surface area contributed by atoms with Crippen LogP contribution in [0.2, 0.25) is 10.0 Å². The van der Waals surface area contributed by atoms with Gasteiger partial charge in [-0.25, -0.2) is 13.1 Å². The van der Waals surface area contributed by atoms with Crippen molar-refractivity contribution >= 4 is 39.1 Å². The van der Waals surface area contributed by atoms with Crippen LogP contribution in [0.25, 0.3) is 0 Å². The highest BCUT2D eigenvalue weighted by Gasteiger charge is 2.32. The summed E-state index contributed by atoms with van der Waals surface area (Å²) in [6.07, 6.45) is 2.71. The second-order valence-corrected chi connectivity index (χ2v) is 9.81. The van der Waals surface area contributed by atoms with Gasteiger partial charge in [-0.05, 0) is 43.2 Å². The van der Waals surface area contributed by atoms with Crippen LogP contribution >= 0.6 is 23.2 Å². The first kappa shape index (κ1) is 19.0. The first-order valence-corrected chi connectivity index (χ1v) is 10.7. The minimum absolute atomic E-state index is 0.0232. The van der Waals surface area contributed by atoms with Gasteiger partial charge in [-0.1, -0.05) is 37.0 Å². The fourth-order valence-corrected chi connectivity index (χ4v) is 5.54. The molecule has 2 unspecified atom stereocenters. The van der Waals surface area contributed by atoms with Crippen LogP contribution in [0.5, 0.6) is 0 Å². The Morgan fingerprint density at radius 1 is 1.12 bits per heavy atom. The second kappa shape index (κ2) is 7.06. The standard InChI is InChI=1S/C17H22Cl2N2O3S/c1-10-5-11(2)9-21(8-10)17(22)13-6-16(15(19)7-14(13)18)25(23,24)20-12-3-4-12/h6-7,10-12,20H,3-5,8-9H2,1-2H3. The first-order chi connectivity index (χ1) is 11.7. The number of nitrogens with one attached hydrogen (secondary N) is 1. The molecule has 138 valence electrons. The number of carbonyl (C=O) groups is 1.